The second-order valence-corrected chi connectivity index (χ2v) is 5.28. The quantitative estimate of drug-likeness (QED) is 0.835. The van der Waals surface area contributed by atoms with Crippen LogP contribution in [0.5, 0.6) is 0 Å². The predicted molar refractivity (Wildman–Crippen MR) is 72.3 cm³/mol. The van der Waals surface area contributed by atoms with Gasteiger partial charge < -0.3 is 5.73 Å². The molecule has 0 unspecified atom stereocenters. The van der Waals surface area contributed by atoms with Crippen LogP contribution >= 0.6 is 11.6 Å². The first kappa shape index (κ1) is 11.7. The zero-order chi connectivity index (χ0) is 12.7. The monoisotopic (exact) mass is 264 g/mol. The van der Waals surface area contributed by atoms with Crippen molar-refractivity contribution in [3.63, 3.8) is 0 Å². The Morgan fingerprint density at radius 3 is 2.72 bits per heavy atom. The molecule has 1 fully saturated rings. The lowest BCUT2D eigenvalue weighted by Gasteiger charge is -2.12. The summed E-state index contributed by atoms with van der Waals surface area (Å²) in [7, 11) is 0. The summed E-state index contributed by atoms with van der Waals surface area (Å²) in [5.74, 6) is -0.0594. The molecule has 0 atom stereocenters. The highest BCUT2D eigenvalue weighted by Crippen LogP contribution is 2.36. The molecule has 2 aromatic rings. The van der Waals surface area contributed by atoms with Crippen LogP contribution in [0.3, 0.4) is 0 Å². The molecular weight excluding hydrogens is 251 g/mol. The van der Waals surface area contributed by atoms with Crippen molar-refractivity contribution >= 4 is 28.2 Å². The molecule has 0 radical (unpaired) electrons. The van der Waals surface area contributed by atoms with Gasteiger partial charge in [0.25, 0.3) is 0 Å². The smallest absolute Gasteiger partial charge is 0.168 e. The molecule has 1 aliphatic carbocycles. The van der Waals surface area contributed by atoms with Crippen molar-refractivity contribution in [3.05, 3.63) is 34.7 Å². The van der Waals surface area contributed by atoms with Crippen molar-refractivity contribution in [3.8, 4) is 0 Å². The van der Waals surface area contributed by atoms with Gasteiger partial charge in [0.15, 0.2) is 5.82 Å². The predicted octanol–water partition coefficient (Wildman–Crippen LogP) is 4.27. The van der Waals surface area contributed by atoms with E-state index in [9.17, 15) is 4.39 Å². The third-order valence-electron chi connectivity index (χ3n) is 3.70. The molecular formula is C14H14ClFN2. The van der Waals surface area contributed by atoms with Crippen molar-refractivity contribution in [1.82, 2.24) is 4.98 Å². The zero-order valence-electron chi connectivity index (χ0n) is 9.92. The first-order chi connectivity index (χ1) is 8.66. The van der Waals surface area contributed by atoms with Crippen LogP contribution in [-0.2, 0) is 0 Å². The summed E-state index contributed by atoms with van der Waals surface area (Å²) < 4.78 is 14.0. The molecule has 1 heterocycles. The van der Waals surface area contributed by atoms with Gasteiger partial charge in [-0.1, -0.05) is 24.4 Å². The van der Waals surface area contributed by atoms with Gasteiger partial charge in [-0.2, -0.15) is 0 Å². The van der Waals surface area contributed by atoms with Crippen LogP contribution < -0.4 is 5.73 Å². The number of nitrogens with zero attached hydrogens (tertiary/aromatic N) is 1. The third-order valence-corrected chi connectivity index (χ3v) is 3.99. The van der Waals surface area contributed by atoms with Crippen LogP contribution in [0.25, 0.3) is 10.9 Å². The van der Waals surface area contributed by atoms with Crippen LogP contribution in [0.4, 0.5) is 10.1 Å². The maximum atomic E-state index is 14.0. The number of halogens is 2. The number of rotatable bonds is 1. The molecule has 18 heavy (non-hydrogen) atoms. The van der Waals surface area contributed by atoms with E-state index in [1.165, 1.54) is 18.9 Å². The Labute approximate surface area is 110 Å². The molecule has 0 aliphatic heterocycles. The minimum Gasteiger partial charge on any atom is -0.398 e. The molecule has 1 aromatic carbocycles. The topological polar surface area (TPSA) is 38.9 Å². The Morgan fingerprint density at radius 1 is 1.28 bits per heavy atom. The number of nitrogen functional groups attached to an aromatic ring is 1. The molecule has 1 aromatic heterocycles. The minimum atomic E-state index is -0.472. The first-order valence-electron chi connectivity index (χ1n) is 6.21. The van der Waals surface area contributed by atoms with Gasteiger partial charge in [0.05, 0.1) is 5.02 Å². The standard InChI is InChI=1S/C14H14ClFN2/c15-10-6-5-9-11(17)7-12(8-3-1-2-4-8)18-14(9)13(10)16/h5-8H,1-4H2,(H2,17,18). The SMILES string of the molecule is Nc1cc(C2CCCC2)nc2c(F)c(Cl)ccc12. The number of pyridine rings is 1. The summed E-state index contributed by atoms with van der Waals surface area (Å²) in [6, 6.07) is 5.12. The highest BCUT2D eigenvalue weighted by molar-refractivity contribution is 6.31. The van der Waals surface area contributed by atoms with Crippen LogP contribution in [0.1, 0.15) is 37.3 Å². The zero-order valence-corrected chi connectivity index (χ0v) is 10.7. The fraction of sp³-hybridized carbons (Fsp3) is 0.357. The minimum absolute atomic E-state index is 0.0953. The summed E-state index contributed by atoms with van der Waals surface area (Å²) >= 11 is 5.80. The summed E-state index contributed by atoms with van der Waals surface area (Å²) in [5, 5.41) is 0.733. The van der Waals surface area contributed by atoms with E-state index in [1.807, 2.05) is 6.07 Å². The van der Waals surface area contributed by atoms with E-state index in [-0.39, 0.29) is 5.02 Å². The van der Waals surface area contributed by atoms with Crippen molar-refractivity contribution in [2.24, 2.45) is 0 Å². The number of hydrogen-bond donors (Lipinski definition) is 1. The van der Waals surface area contributed by atoms with E-state index in [1.54, 1.807) is 6.07 Å². The van der Waals surface area contributed by atoms with Gasteiger partial charge in [-0.15, -0.1) is 0 Å². The average molecular weight is 265 g/mol. The van der Waals surface area contributed by atoms with Gasteiger partial charge >= 0.3 is 0 Å². The lowest BCUT2D eigenvalue weighted by Crippen LogP contribution is -2.01. The number of aromatic nitrogens is 1. The van der Waals surface area contributed by atoms with Crippen LogP contribution in [-0.4, -0.2) is 4.98 Å². The highest BCUT2D eigenvalue weighted by Gasteiger charge is 2.20. The van der Waals surface area contributed by atoms with Crippen LogP contribution in [0.2, 0.25) is 5.02 Å². The van der Waals surface area contributed by atoms with Crippen molar-refractivity contribution in [1.29, 1.82) is 0 Å². The summed E-state index contributed by atoms with van der Waals surface area (Å²) in [4.78, 5) is 4.44. The van der Waals surface area contributed by atoms with Crippen molar-refractivity contribution in [2.75, 3.05) is 5.73 Å². The number of benzene rings is 1. The Balaban J connectivity index is 2.21. The molecule has 0 bridgehead atoms. The molecule has 2 N–H and O–H groups in total. The lowest BCUT2D eigenvalue weighted by molar-refractivity contribution is 0.634. The van der Waals surface area contributed by atoms with Crippen molar-refractivity contribution in [2.45, 2.75) is 31.6 Å². The van der Waals surface area contributed by atoms with Crippen LogP contribution in [0, 0.1) is 5.82 Å². The van der Waals surface area contributed by atoms with Gasteiger partial charge in [-0.05, 0) is 31.0 Å². The fourth-order valence-electron chi connectivity index (χ4n) is 2.71. The Hall–Kier alpha value is -1.35. The van der Waals surface area contributed by atoms with E-state index >= 15 is 0 Å². The molecule has 0 spiro atoms. The van der Waals surface area contributed by atoms with E-state index in [0.717, 1.165) is 18.5 Å². The molecule has 0 saturated heterocycles. The van der Waals surface area contributed by atoms with E-state index in [4.69, 9.17) is 17.3 Å². The third kappa shape index (κ3) is 1.83. The van der Waals surface area contributed by atoms with Gasteiger partial charge in [0, 0.05) is 22.7 Å². The Bertz CT molecular complexity index is 606. The molecule has 1 aliphatic rings. The Kier molecular flexibility index (Phi) is 2.86. The highest BCUT2D eigenvalue weighted by atomic mass is 35.5. The molecule has 4 heteroatoms. The van der Waals surface area contributed by atoms with Gasteiger partial charge in [-0.25, -0.2) is 9.37 Å². The molecule has 94 valence electrons. The number of hydrogen-bond acceptors (Lipinski definition) is 2. The lowest BCUT2D eigenvalue weighted by atomic mass is 10.0. The number of fused-ring (bicyclic) bond motifs is 1. The van der Waals surface area contributed by atoms with E-state index in [0.29, 0.717) is 22.5 Å². The van der Waals surface area contributed by atoms with Gasteiger partial charge in [-0.3, -0.25) is 0 Å². The van der Waals surface area contributed by atoms with Gasteiger partial charge in [0.2, 0.25) is 0 Å². The Morgan fingerprint density at radius 2 is 2.00 bits per heavy atom. The second-order valence-electron chi connectivity index (χ2n) is 4.88. The number of nitrogens with two attached hydrogens (primary N) is 1. The summed E-state index contributed by atoms with van der Waals surface area (Å²) in [6.45, 7) is 0. The fourth-order valence-corrected chi connectivity index (χ4v) is 2.86. The maximum Gasteiger partial charge on any atom is 0.168 e. The van der Waals surface area contributed by atoms with E-state index < -0.39 is 5.82 Å². The summed E-state index contributed by atoms with van der Waals surface area (Å²) in [6.07, 6.45) is 4.64. The molecule has 2 nitrogen and oxygen atoms in total. The molecule has 1 saturated carbocycles. The summed E-state index contributed by atoms with van der Waals surface area (Å²) in [5.41, 5.74) is 7.77. The number of anilines is 1. The van der Waals surface area contributed by atoms with Crippen molar-refractivity contribution < 1.29 is 4.39 Å². The maximum absolute atomic E-state index is 14.0. The molecule has 3 rings (SSSR count). The normalized spacial score (nSPS) is 16.6. The van der Waals surface area contributed by atoms with Crippen LogP contribution in [0.15, 0.2) is 18.2 Å². The first-order valence-corrected chi connectivity index (χ1v) is 6.59. The average Bonchev–Trinajstić information content (AvgIpc) is 2.88. The van der Waals surface area contributed by atoms with Gasteiger partial charge in [0.1, 0.15) is 5.52 Å². The van der Waals surface area contributed by atoms with E-state index in [2.05, 4.69) is 4.98 Å². The second kappa shape index (κ2) is 4.39. The largest absolute Gasteiger partial charge is 0.398 e. The molecule has 0 amide bonds.